The lowest BCUT2D eigenvalue weighted by molar-refractivity contribution is -0.147. The van der Waals surface area contributed by atoms with E-state index in [0.29, 0.717) is 0 Å². The van der Waals surface area contributed by atoms with Gasteiger partial charge in [-0.3, -0.25) is 4.79 Å². The fourth-order valence-electron chi connectivity index (χ4n) is 3.31. The zero-order chi connectivity index (χ0) is 21.3. The molecule has 0 radical (unpaired) electrons. The monoisotopic (exact) mass is 413 g/mol. The predicted molar refractivity (Wildman–Crippen MR) is 105 cm³/mol. The van der Waals surface area contributed by atoms with E-state index in [1.165, 1.54) is 12.1 Å². The second-order valence-electron chi connectivity index (χ2n) is 6.86. The molecule has 0 fully saturated rings. The van der Waals surface area contributed by atoms with Crippen LogP contribution in [-0.2, 0) is 17.5 Å². The number of carbonyl (C=O) groups is 1. The summed E-state index contributed by atoms with van der Waals surface area (Å²) in [6.45, 7) is 1.30. The number of halogens is 3. The number of hydrogen-bond acceptors (Lipinski definition) is 3. The number of nitrogens with zero attached hydrogens (tertiary/aromatic N) is 4. The number of carbonyl (C=O) groups excluding carboxylic acids is 1. The molecular weight excluding hydrogens is 395 g/mol. The van der Waals surface area contributed by atoms with E-state index in [0.717, 1.165) is 15.8 Å². The van der Waals surface area contributed by atoms with E-state index in [-0.39, 0.29) is 17.1 Å². The van der Waals surface area contributed by atoms with Crippen LogP contribution in [0.15, 0.2) is 67.3 Å². The van der Waals surface area contributed by atoms with Gasteiger partial charge in [-0.15, -0.1) is 0 Å². The number of rotatable bonds is 5. The Morgan fingerprint density at radius 1 is 1.13 bits per heavy atom. The van der Waals surface area contributed by atoms with Crippen LogP contribution in [0, 0.1) is 0 Å². The zero-order valence-corrected chi connectivity index (χ0v) is 16.0. The van der Waals surface area contributed by atoms with Gasteiger partial charge in [0.1, 0.15) is 6.54 Å². The molecule has 0 bridgehead atoms. The first kappa shape index (κ1) is 19.7. The van der Waals surface area contributed by atoms with E-state index < -0.39 is 24.5 Å². The molecule has 2 heterocycles. The number of benzene rings is 2. The number of imidazole rings is 2. The predicted octanol–water partition coefficient (Wildman–Crippen LogP) is 4.12. The Balaban J connectivity index is 1.51. The van der Waals surface area contributed by atoms with E-state index in [4.69, 9.17) is 0 Å². The van der Waals surface area contributed by atoms with Gasteiger partial charge in [-0.05, 0) is 36.8 Å². The molecule has 1 N–H and O–H groups in total. The Bertz CT molecular complexity index is 1160. The van der Waals surface area contributed by atoms with Gasteiger partial charge in [0, 0.05) is 18.1 Å². The van der Waals surface area contributed by atoms with Gasteiger partial charge in [0.05, 0.1) is 23.4 Å². The number of aromatic nitrogens is 4. The minimum atomic E-state index is -4.66. The molecule has 4 rings (SSSR count). The highest BCUT2D eigenvalue weighted by Crippen LogP contribution is 2.31. The fraction of sp³-hybridized carbons (Fsp3) is 0.190. The van der Waals surface area contributed by atoms with Crippen molar-refractivity contribution in [2.24, 2.45) is 0 Å². The average Bonchev–Trinajstić information content (AvgIpc) is 3.36. The highest BCUT2D eigenvalue weighted by Gasteiger charge is 2.38. The largest absolute Gasteiger partial charge is 0.449 e. The van der Waals surface area contributed by atoms with Gasteiger partial charge in [0.15, 0.2) is 0 Å². The van der Waals surface area contributed by atoms with Crippen LogP contribution in [-0.4, -0.2) is 25.0 Å². The molecule has 2 aromatic heterocycles. The quantitative estimate of drug-likeness (QED) is 0.535. The summed E-state index contributed by atoms with van der Waals surface area (Å²) in [7, 11) is 0. The maximum atomic E-state index is 13.4. The van der Waals surface area contributed by atoms with Crippen LogP contribution in [0.3, 0.4) is 0 Å². The molecule has 0 unspecified atom stereocenters. The summed E-state index contributed by atoms with van der Waals surface area (Å²) in [5.74, 6) is -1.62. The van der Waals surface area contributed by atoms with Gasteiger partial charge < -0.3 is 14.5 Å². The summed E-state index contributed by atoms with van der Waals surface area (Å²) in [5, 5.41) is 2.76. The van der Waals surface area contributed by atoms with Crippen LogP contribution in [0.2, 0.25) is 0 Å². The topological polar surface area (TPSA) is 64.7 Å². The van der Waals surface area contributed by atoms with Crippen molar-refractivity contribution in [1.29, 1.82) is 0 Å². The fourth-order valence-corrected chi connectivity index (χ4v) is 3.31. The Hall–Kier alpha value is -3.62. The minimum Gasteiger partial charge on any atom is -0.348 e. The smallest absolute Gasteiger partial charge is 0.348 e. The molecule has 0 aliphatic carbocycles. The summed E-state index contributed by atoms with van der Waals surface area (Å²) in [6, 6.07) is 13.3. The van der Waals surface area contributed by atoms with Gasteiger partial charge in [-0.1, -0.05) is 24.3 Å². The Morgan fingerprint density at radius 3 is 2.53 bits per heavy atom. The number of alkyl halides is 3. The van der Waals surface area contributed by atoms with E-state index in [1.54, 1.807) is 31.6 Å². The van der Waals surface area contributed by atoms with Gasteiger partial charge in [-0.2, -0.15) is 13.2 Å². The SMILES string of the molecule is C[C@H](NC(=O)Cn1c(C(F)(F)F)nc2ccccc21)c1ccc(-n2ccnc2)cc1. The molecule has 4 aromatic rings. The zero-order valence-electron chi connectivity index (χ0n) is 16.0. The molecule has 6 nitrogen and oxygen atoms in total. The van der Waals surface area contributed by atoms with E-state index in [1.807, 2.05) is 35.0 Å². The molecule has 154 valence electrons. The molecule has 0 saturated carbocycles. The first-order chi connectivity index (χ1) is 14.3. The van der Waals surface area contributed by atoms with Crippen molar-refractivity contribution >= 4 is 16.9 Å². The second kappa shape index (κ2) is 7.66. The van der Waals surface area contributed by atoms with Gasteiger partial charge in [0.2, 0.25) is 11.7 Å². The van der Waals surface area contributed by atoms with E-state index >= 15 is 0 Å². The lowest BCUT2D eigenvalue weighted by Gasteiger charge is -2.17. The van der Waals surface area contributed by atoms with Crippen molar-refractivity contribution < 1.29 is 18.0 Å². The molecule has 0 aliphatic rings. The molecule has 0 saturated heterocycles. The highest BCUT2D eigenvalue weighted by molar-refractivity contribution is 5.81. The molecular formula is C21H18F3N5O. The Labute approximate surface area is 170 Å². The van der Waals surface area contributed by atoms with Crippen molar-refractivity contribution in [2.45, 2.75) is 25.7 Å². The third kappa shape index (κ3) is 3.91. The standard InChI is InChI=1S/C21H18F3N5O/c1-14(15-6-8-16(9-7-15)28-11-10-25-13-28)26-19(30)12-29-18-5-3-2-4-17(18)27-20(29)21(22,23)24/h2-11,13-14H,12H2,1H3,(H,26,30)/t14-/m0/s1. The van der Waals surface area contributed by atoms with Crippen molar-refractivity contribution in [3.63, 3.8) is 0 Å². The number of nitrogens with one attached hydrogen (secondary N) is 1. The van der Waals surface area contributed by atoms with Crippen molar-refractivity contribution in [2.75, 3.05) is 0 Å². The maximum Gasteiger partial charge on any atom is 0.449 e. The van der Waals surface area contributed by atoms with Crippen molar-refractivity contribution in [1.82, 2.24) is 24.4 Å². The minimum absolute atomic E-state index is 0.195. The van der Waals surface area contributed by atoms with Crippen LogP contribution in [0.5, 0.6) is 0 Å². The van der Waals surface area contributed by atoms with Gasteiger partial charge in [-0.25, -0.2) is 9.97 Å². The van der Waals surface area contributed by atoms with Crippen molar-refractivity contribution in [3.8, 4) is 5.69 Å². The van der Waals surface area contributed by atoms with E-state index in [9.17, 15) is 18.0 Å². The lowest BCUT2D eigenvalue weighted by Crippen LogP contribution is -2.31. The maximum absolute atomic E-state index is 13.4. The summed E-state index contributed by atoms with van der Waals surface area (Å²) >= 11 is 0. The average molecular weight is 413 g/mol. The number of amides is 1. The van der Waals surface area contributed by atoms with Crippen molar-refractivity contribution in [3.05, 3.63) is 78.6 Å². The number of para-hydroxylation sites is 2. The molecule has 1 amide bonds. The van der Waals surface area contributed by atoms with Crippen LogP contribution in [0.4, 0.5) is 13.2 Å². The van der Waals surface area contributed by atoms with Crippen LogP contribution in [0.25, 0.3) is 16.7 Å². The van der Waals surface area contributed by atoms with Crippen LogP contribution < -0.4 is 5.32 Å². The Morgan fingerprint density at radius 2 is 1.87 bits per heavy atom. The van der Waals surface area contributed by atoms with Crippen LogP contribution >= 0.6 is 0 Å². The number of hydrogen-bond donors (Lipinski definition) is 1. The molecule has 0 spiro atoms. The summed E-state index contributed by atoms with van der Waals surface area (Å²) < 4.78 is 42.9. The third-order valence-corrected chi connectivity index (χ3v) is 4.78. The number of fused-ring (bicyclic) bond motifs is 1. The molecule has 30 heavy (non-hydrogen) atoms. The summed E-state index contributed by atoms with van der Waals surface area (Å²) in [6.07, 6.45) is 0.502. The van der Waals surface area contributed by atoms with Gasteiger partial charge in [0.25, 0.3) is 0 Å². The summed E-state index contributed by atoms with van der Waals surface area (Å²) in [4.78, 5) is 20.2. The van der Waals surface area contributed by atoms with Crippen LogP contribution in [0.1, 0.15) is 24.4 Å². The molecule has 0 aliphatic heterocycles. The highest BCUT2D eigenvalue weighted by atomic mass is 19.4. The second-order valence-corrected chi connectivity index (χ2v) is 6.86. The molecule has 2 aromatic carbocycles. The first-order valence-electron chi connectivity index (χ1n) is 9.23. The molecule has 1 atom stereocenters. The van der Waals surface area contributed by atoms with E-state index in [2.05, 4.69) is 15.3 Å². The lowest BCUT2D eigenvalue weighted by atomic mass is 10.1. The van der Waals surface area contributed by atoms with Gasteiger partial charge >= 0.3 is 6.18 Å². The third-order valence-electron chi connectivity index (χ3n) is 4.78. The molecule has 9 heteroatoms. The first-order valence-corrected chi connectivity index (χ1v) is 9.23. The summed E-state index contributed by atoms with van der Waals surface area (Å²) in [5.41, 5.74) is 2.20. The Kier molecular flexibility index (Phi) is 5.03. The normalized spacial score (nSPS) is 12.8.